The van der Waals surface area contributed by atoms with Gasteiger partial charge in [-0.1, -0.05) is 35.4 Å². The molecular formula is C19H17BrN2O2S. The van der Waals surface area contributed by atoms with Gasteiger partial charge in [0, 0.05) is 17.3 Å². The van der Waals surface area contributed by atoms with Gasteiger partial charge >= 0.3 is 0 Å². The first-order chi connectivity index (χ1) is 11.8. The van der Waals surface area contributed by atoms with E-state index in [9.17, 15) is 8.42 Å². The Morgan fingerprint density at radius 1 is 0.920 bits per heavy atom. The predicted molar refractivity (Wildman–Crippen MR) is 104 cm³/mol. The fourth-order valence-electron chi connectivity index (χ4n) is 2.44. The Morgan fingerprint density at radius 2 is 1.60 bits per heavy atom. The van der Waals surface area contributed by atoms with Gasteiger partial charge in [-0.2, -0.15) is 0 Å². The number of pyridine rings is 1. The standard InChI is InChI=1S/C19H17BrN2O2S/c1-13-3-7-16(8-4-13)25(23,24)22-18-9-5-14(2)11-17(18)15-6-10-19(20)21-12-15/h3-12,22H,1-2H3. The van der Waals surface area contributed by atoms with Gasteiger partial charge in [0.05, 0.1) is 10.6 Å². The minimum Gasteiger partial charge on any atom is -0.279 e. The van der Waals surface area contributed by atoms with Crippen LogP contribution in [0.5, 0.6) is 0 Å². The monoisotopic (exact) mass is 416 g/mol. The number of hydrogen-bond donors (Lipinski definition) is 1. The predicted octanol–water partition coefficient (Wildman–Crippen LogP) is 4.93. The zero-order valence-corrected chi connectivity index (χ0v) is 16.2. The number of aromatic nitrogens is 1. The van der Waals surface area contributed by atoms with Gasteiger partial charge in [-0.15, -0.1) is 0 Å². The molecule has 0 spiro atoms. The van der Waals surface area contributed by atoms with E-state index in [1.54, 1.807) is 36.5 Å². The van der Waals surface area contributed by atoms with Crippen LogP contribution in [0.15, 0.2) is 70.3 Å². The Balaban J connectivity index is 2.03. The van der Waals surface area contributed by atoms with Crippen molar-refractivity contribution in [3.8, 4) is 11.1 Å². The molecule has 1 N–H and O–H groups in total. The van der Waals surface area contributed by atoms with E-state index in [0.29, 0.717) is 5.69 Å². The summed E-state index contributed by atoms with van der Waals surface area (Å²) in [5, 5.41) is 0. The normalized spacial score (nSPS) is 11.3. The number of rotatable bonds is 4. The molecule has 0 fully saturated rings. The van der Waals surface area contributed by atoms with Crippen LogP contribution in [0.2, 0.25) is 0 Å². The maximum atomic E-state index is 12.7. The van der Waals surface area contributed by atoms with Crippen LogP contribution in [0, 0.1) is 13.8 Å². The maximum absolute atomic E-state index is 12.7. The van der Waals surface area contributed by atoms with Crippen LogP contribution in [0.25, 0.3) is 11.1 Å². The zero-order valence-electron chi connectivity index (χ0n) is 13.8. The van der Waals surface area contributed by atoms with E-state index in [1.807, 2.05) is 38.1 Å². The van der Waals surface area contributed by atoms with Crippen molar-refractivity contribution in [3.63, 3.8) is 0 Å². The van der Waals surface area contributed by atoms with Gasteiger partial charge in [0.1, 0.15) is 4.60 Å². The van der Waals surface area contributed by atoms with Crippen LogP contribution in [0.1, 0.15) is 11.1 Å². The third kappa shape index (κ3) is 4.08. The first-order valence-electron chi connectivity index (χ1n) is 7.67. The summed E-state index contributed by atoms with van der Waals surface area (Å²) in [6.07, 6.45) is 1.71. The summed E-state index contributed by atoms with van der Waals surface area (Å²) in [7, 11) is -3.66. The molecular weight excluding hydrogens is 400 g/mol. The number of nitrogens with zero attached hydrogens (tertiary/aromatic N) is 1. The molecule has 0 aliphatic rings. The Labute approximate surface area is 156 Å². The molecule has 25 heavy (non-hydrogen) atoms. The van der Waals surface area contributed by atoms with Crippen molar-refractivity contribution in [1.29, 1.82) is 0 Å². The molecule has 1 heterocycles. The Hall–Kier alpha value is -2.18. The molecule has 1 aromatic heterocycles. The van der Waals surface area contributed by atoms with Gasteiger partial charge in [-0.25, -0.2) is 13.4 Å². The lowest BCUT2D eigenvalue weighted by Crippen LogP contribution is -2.13. The Morgan fingerprint density at radius 3 is 2.24 bits per heavy atom. The summed E-state index contributed by atoms with van der Waals surface area (Å²) in [5.74, 6) is 0. The quantitative estimate of drug-likeness (QED) is 0.613. The fourth-order valence-corrected chi connectivity index (χ4v) is 3.76. The fraction of sp³-hybridized carbons (Fsp3) is 0.105. The first-order valence-corrected chi connectivity index (χ1v) is 9.95. The SMILES string of the molecule is Cc1ccc(S(=O)(=O)Nc2ccc(C)cc2-c2ccc(Br)nc2)cc1. The van der Waals surface area contributed by atoms with Crippen molar-refractivity contribution < 1.29 is 8.42 Å². The molecule has 0 saturated heterocycles. The molecule has 0 aliphatic heterocycles. The van der Waals surface area contributed by atoms with Crippen LogP contribution in [-0.2, 0) is 10.0 Å². The minimum atomic E-state index is -3.66. The van der Waals surface area contributed by atoms with Crippen molar-refractivity contribution in [2.45, 2.75) is 18.7 Å². The lowest BCUT2D eigenvalue weighted by molar-refractivity contribution is 0.601. The molecule has 0 amide bonds. The highest BCUT2D eigenvalue weighted by Gasteiger charge is 2.16. The number of aryl methyl sites for hydroxylation is 2. The lowest BCUT2D eigenvalue weighted by Gasteiger charge is -2.14. The van der Waals surface area contributed by atoms with Crippen molar-refractivity contribution >= 4 is 31.6 Å². The summed E-state index contributed by atoms with van der Waals surface area (Å²) < 4.78 is 28.8. The van der Waals surface area contributed by atoms with E-state index >= 15 is 0 Å². The topological polar surface area (TPSA) is 59.1 Å². The van der Waals surface area contributed by atoms with Gasteiger partial charge in [0.25, 0.3) is 10.0 Å². The number of hydrogen-bond acceptors (Lipinski definition) is 3. The third-order valence-electron chi connectivity index (χ3n) is 3.79. The molecule has 0 unspecified atom stereocenters. The van der Waals surface area contributed by atoms with Gasteiger partial charge in [-0.05, 0) is 60.1 Å². The van der Waals surface area contributed by atoms with E-state index < -0.39 is 10.0 Å². The minimum absolute atomic E-state index is 0.235. The second kappa shape index (κ2) is 6.98. The molecule has 3 rings (SSSR count). The number of benzene rings is 2. The summed E-state index contributed by atoms with van der Waals surface area (Å²) in [6, 6.07) is 16.1. The molecule has 0 atom stereocenters. The van der Waals surface area contributed by atoms with Gasteiger partial charge in [0.15, 0.2) is 0 Å². The zero-order chi connectivity index (χ0) is 18.0. The van der Waals surface area contributed by atoms with E-state index in [-0.39, 0.29) is 4.90 Å². The second-order valence-corrected chi connectivity index (χ2v) is 8.33. The summed E-state index contributed by atoms with van der Waals surface area (Å²) >= 11 is 3.31. The van der Waals surface area contributed by atoms with E-state index in [1.165, 1.54) is 0 Å². The summed E-state index contributed by atoms with van der Waals surface area (Å²) in [4.78, 5) is 4.46. The molecule has 0 bridgehead atoms. The van der Waals surface area contributed by atoms with Gasteiger partial charge in [0.2, 0.25) is 0 Å². The molecule has 6 heteroatoms. The molecule has 4 nitrogen and oxygen atoms in total. The number of sulfonamides is 1. The van der Waals surface area contributed by atoms with Crippen LogP contribution < -0.4 is 4.72 Å². The van der Waals surface area contributed by atoms with Gasteiger partial charge < -0.3 is 0 Å². The molecule has 3 aromatic rings. The average Bonchev–Trinajstić information content (AvgIpc) is 2.57. The molecule has 0 saturated carbocycles. The van der Waals surface area contributed by atoms with Crippen LogP contribution in [-0.4, -0.2) is 13.4 Å². The van der Waals surface area contributed by atoms with Gasteiger partial charge in [-0.3, -0.25) is 4.72 Å². The number of halogens is 1. The summed E-state index contributed by atoms with van der Waals surface area (Å²) in [5.41, 5.74) is 4.20. The maximum Gasteiger partial charge on any atom is 0.261 e. The molecule has 2 aromatic carbocycles. The van der Waals surface area contributed by atoms with Crippen molar-refractivity contribution in [3.05, 3.63) is 76.5 Å². The van der Waals surface area contributed by atoms with E-state index in [2.05, 4.69) is 25.6 Å². The largest absolute Gasteiger partial charge is 0.279 e. The summed E-state index contributed by atoms with van der Waals surface area (Å²) in [6.45, 7) is 3.89. The van der Waals surface area contributed by atoms with Crippen molar-refractivity contribution in [2.75, 3.05) is 4.72 Å². The highest BCUT2D eigenvalue weighted by Crippen LogP contribution is 2.31. The number of nitrogens with one attached hydrogen (secondary N) is 1. The van der Waals surface area contributed by atoms with E-state index in [0.717, 1.165) is 26.9 Å². The van der Waals surface area contributed by atoms with Crippen LogP contribution in [0.4, 0.5) is 5.69 Å². The molecule has 0 aliphatic carbocycles. The third-order valence-corrected chi connectivity index (χ3v) is 5.64. The first kappa shape index (κ1) is 17.6. The number of anilines is 1. The highest BCUT2D eigenvalue weighted by molar-refractivity contribution is 9.10. The van der Waals surface area contributed by atoms with Crippen LogP contribution in [0.3, 0.4) is 0 Å². The molecule has 128 valence electrons. The lowest BCUT2D eigenvalue weighted by atomic mass is 10.0. The van der Waals surface area contributed by atoms with Crippen molar-refractivity contribution in [2.24, 2.45) is 0 Å². The second-order valence-electron chi connectivity index (χ2n) is 5.84. The Kier molecular flexibility index (Phi) is 4.92. The van der Waals surface area contributed by atoms with E-state index in [4.69, 9.17) is 0 Å². The highest BCUT2D eigenvalue weighted by atomic mass is 79.9. The average molecular weight is 417 g/mol. The van der Waals surface area contributed by atoms with Crippen molar-refractivity contribution in [1.82, 2.24) is 4.98 Å². The smallest absolute Gasteiger partial charge is 0.261 e. The molecule has 0 radical (unpaired) electrons. The Bertz CT molecular complexity index is 999. The van der Waals surface area contributed by atoms with Crippen LogP contribution >= 0.6 is 15.9 Å².